The largest absolute Gasteiger partial charge is 0.456 e. The summed E-state index contributed by atoms with van der Waals surface area (Å²) in [6, 6.07) is 84.6. The Bertz CT molecular complexity index is 3920. The minimum absolute atomic E-state index is 0.449. The van der Waals surface area contributed by atoms with Crippen LogP contribution in [0, 0.1) is 0 Å². The molecular weight excluding hydrogens is 827 g/mol. The van der Waals surface area contributed by atoms with E-state index in [1.165, 1.54) is 55.6 Å². The molecule has 0 saturated heterocycles. The Labute approximate surface area is 393 Å². The molecule has 316 valence electrons. The second-order valence-corrected chi connectivity index (χ2v) is 17.8. The molecule has 0 atom stereocenters. The van der Waals surface area contributed by atoms with Crippen LogP contribution in [0.1, 0.15) is 22.3 Å². The molecule has 0 radical (unpaired) electrons. The summed E-state index contributed by atoms with van der Waals surface area (Å²) in [5.41, 5.74) is 21.2. The van der Waals surface area contributed by atoms with Crippen molar-refractivity contribution in [2.45, 2.75) is 5.41 Å². The molecule has 4 heteroatoms. The van der Waals surface area contributed by atoms with Crippen LogP contribution < -0.4 is 0 Å². The summed E-state index contributed by atoms with van der Waals surface area (Å²) in [4.78, 5) is 15.6. The van der Waals surface area contributed by atoms with Crippen molar-refractivity contribution >= 4 is 21.9 Å². The zero-order chi connectivity index (χ0) is 44.8. The van der Waals surface area contributed by atoms with Crippen LogP contribution in [-0.4, -0.2) is 15.0 Å². The number of nitrogens with zero attached hydrogens (tertiary/aromatic N) is 3. The highest BCUT2D eigenvalue weighted by Crippen LogP contribution is 2.64. The molecule has 2 aliphatic carbocycles. The summed E-state index contributed by atoms with van der Waals surface area (Å²) in [7, 11) is 0. The molecule has 0 bridgehead atoms. The van der Waals surface area contributed by atoms with Gasteiger partial charge in [-0.2, -0.15) is 0 Å². The van der Waals surface area contributed by atoms with Gasteiger partial charge in [-0.1, -0.05) is 206 Å². The maximum Gasteiger partial charge on any atom is 0.164 e. The first-order valence-electron chi connectivity index (χ1n) is 23.2. The lowest BCUT2D eigenvalue weighted by molar-refractivity contribution is 0.669. The van der Waals surface area contributed by atoms with E-state index in [0.717, 1.165) is 60.9 Å². The molecule has 14 rings (SSSR count). The Morgan fingerprint density at radius 1 is 0.279 bits per heavy atom. The van der Waals surface area contributed by atoms with E-state index in [1.54, 1.807) is 0 Å². The van der Waals surface area contributed by atoms with Gasteiger partial charge in [0.15, 0.2) is 17.5 Å². The van der Waals surface area contributed by atoms with Crippen molar-refractivity contribution < 1.29 is 4.42 Å². The molecule has 0 amide bonds. The highest BCUT2D eigenvalue weighted by Gasteiger charge is 2.52. The van der Waals surface area contributed by atoms with Crippen LogP contribution in [0.3, 0.4) is 0 Å². The number of furan rings is 1. The van der Waals surface area contributed by atoms with E-state index >= 15 is 0 Å². The predicted octanol–water partition coefficient (Wildman–Crippen LogP) is 16.1. The van der Waals surface area contributed by atoms with Crippen LogP contribution in [-0.2, 0) is 5.41 Å². The third kappa shape index (κ3) is 5.71. The smallest absolute Gasteiger partial charge is 0.164 e. The summed E-state index contributed by atoms with van der Waals surface area (Å²) in [5, 5.41) is 1.99. The lowest BCUT2D eigenvalue weighted by Gasteiger charge is -2.32. The first-order chi connectivity index (χ1) is 33.7. The maximum absolute atomic E-state index is 6.47. The van der Waals surface area contributed by atoms with E-state index in [1.807, 2.05) is 36.4 Å². The predicted molar refractivity (Wildman–Crippen MR) is 276 cm³/mol. The summed E-state index contributed by atoms with van der Waals surface area (Å²) < 4.78 is 6.47. The number of aromatic nitrogens is 3. The van der Waals surface area contributed by atoms with E-state index in [9.17, 15) is 0 Å². The summed E-state index contributed by atoms with van der Waals surface area (Å²) in [5.74, 6) is 1.79. The molecule has 1 spiro atoms. The second kappa shape index (κ2) is 15.0. The Kier molecular flexibility index (Phi) is 8.46. The lowest BCUT2D eigenvalue weighted by atomic mass is 9.68. The van der Waals surface area contributed by atoms with Crippen LogP contribution in [0.25, 0.3) is 112 Å². The van der Waals surface area contributed by atoms with Crippen molar-refractivity contribution in [1.29, 1.82) is 0 Å². The van der Waals surface area contributed by atoms with Crippen LogP contribution in [0.4, 0.5) is 0 Å². The Balaban J connectivity index is 0.913. The van der Waals surface area contributed by atoms with Gasteiger partial charge < -0.3 is 4.42 Å². The molecular formula is C64H39N3O. The number of fused-ring (bicyclic) bond motifs is 13. The molecule has 0 fully saturated rings. The second-order valence-electron chi connectivity index (χ2n) is 17.8. The number of benzene rings is 10. The Morgan fingerprint density at radius 3 is 1.43 bits per heavy atom. The highest BCUT2D eigenvalue weighted by molar-refractivity contribution is 6.13. The highest BCUT2D eigenvalue weighted by atomic mass is 16.3. The van der Waals surface area contributed by atoms with Gasteiger partial charge in [0.05, 0.1) is 5.41 Å². The molecule has 2 heterocycles. The molecule has 12 aromatic rings. The van der Waals surface area contributed by atoms with Gasteiger partial charge in [0, 0.05) is 27.5 Å². The molecule has 68 heavy (non-hydrogen) atoms. The van der Waals surface area contributed by atoms with Crippen molar-refractivity contribution in [3.63, 3.8) is 0 Å². The van der Waals surface area contributed by atoms with E-state index in [-0.39, 0.29) is 0 Å². The third-order valence-corrected chi connectivity index (χ3v) is 14.2. The number of hydrogen-bond acceptors (Lipinski definition) is 4. The van der Waals surface area contributed by atoms with Crippen LogP contribution in [0.15, 0.2) is 241 Å². The van der Waals surface area contributed by atoms with Crippen LogP contribution in [0.5, 0.6) is 0 Å². The lowest BCUT2D eigenvalue weighted by Crippen LogP contribution is -2.26. The van der Waals surface area contributed by atoms with Gasteiger partial charge in [0.1, 0.15) is 11.2 Å². The quantitative estimate of drug-likeness (QED) is 0.167. The van der Waals surface area contributed by atoms with Gasteiger partial charge in [0.25, 0.3) is 0 Å². The van der Waals surface area contributed by atoms with Crippen molar-refractivity contribution in [2.24, 2.45) is 0 Å². The standard InChI is InChI=1S/C64H39N3O/c1-3-17-40(18-4-1)44-35-36-57-53(39-44)59-52(30-16-34-58(59)68-57)63-66-61(41-19-5-2-6-20-41)65-62(67-63)46-24-14-22-43(38-46)42-21-13-23-45(37-42)47-28-15-29-51-50-27-9-12-33-56(50)64(60(47)51)54-31-10-7-25-48(54)49-26-8-11-32-55(49)64/h1-39H. The monoisotopic (exact) mass is 865 g/mol. The fourth-order valence-corrected chi connectivity index (χ4v) is 11.3. The van der Waals surface area contributed by atoms with E-state index in [2.05, 4.69) is 200 Å². The van der Waals surface area contributed by atoms with Crippen molar-refractivity contribution in [3.8, 4) is 89.8 Å². The molecule has 10 aromatic carbocycles. The number of rotatable bonds is 6. The molecule has 2 aliphatic rings. The van der Waals surface area contributed by atoms with E-state index in [4.69, 9.17) is 19.4 Å². The SMILES string of the molecule is c1ccc(-c2ccc3oc4cccc(-c5nc(-c6ccccc6)nc(-c6cccc(-c7cccc(-c8cccc9c8C8(c%10ccccc%10-c%10ccccc%108)c8ccccc8-9)c7)c6)n5)c4c3c2)cc1. The zero-order valence-electron chi connectivity index (χ0n) is 36.8. The fraction of sp³-hybridized carbons (Fsp3) is 0.0156. The van der Waals surface area contributed by atoms with Crippen LogP contribution >= 0.6 is 0 Å². The van der Waals surface area contributed by atoms with Crippen LogP contribution in [0.2, 0.25) is 0 Å². The normalized spacial score (nSPS) is 12.8. The Hall–Kier alpha value is -8.99. The van der Waals surface area contributed by atoms with E-state index < -0.39 is 5.41 Å². The van der Waals surface area contributed by atoms with Crippen molar-refractivity contribution in [2.75, 3.05) is 0 Å². The number of hydrogen-bond donors (Lipinski definition) is 0. The van der Waals surface area contributed by atoms with Gasteiger partial charge in [-0.15, -0.1) is 0 Å². The summed E-state index contributed by atoms with van der Waals surface area (Å²) in [6.07, 6.45) is 0. The first-order valence-corrected chi connectivity index (χ1v) is 23.2. The topological polar surface area (TPSA) is 51.8 Å². The molecule has 2 aromatic heterocycles. The van der Waals surface area contributed by atoms with Crippen molar-refractivity contribution in [3.05, 3.63) is 259 Å². The van der Waals surface area contributed by atoms with Gasteiger partial charge in [-0.3, -0.25) is 0 Å². The van der Waals surface area contributed by atoms with Crippen molar-refractivity contribution in [1.82, 2.24) is 15.0 Å². The van der Waals surface area contributed by atoms with Gasteiger partial charge in [-0.05, 0) is 108 Å². The summed E-state index contributed by atoms with van der Waals surface area (Å²) in [6.45, 7) is 0. The minimum atomic E-state index is -0.449. The molecule has 0 aliphatic heterocycles. The fourth-order valence-electron chi connectivity index (χ4n) is 11.3. The maximum atomic E-state index is 6.47. The molecule has 4 nitrogen and oxygen atoms in total. The van der Waals surface area contributed by atoms with Gasteiger partial charge in [0.2, 0.25) is 0 Å². The summed E-state index contributed by atoms with van der Waals surface area (Å²) >= 11 is 0. The Morgan fingerprint density at radius 2 is 0.735 bits per heavy atom. The molecule has 0 saturated carbocycles. The molecule has 0 N–H and O–H groups in total. The van der Waals surface area contributed by atoms with E-state index in [0.29, 0.717) is 17.5 Å². The third-order valence-electron chi connectivity index (χ3n) is 14.2. The first kappa shape index (κ1) is 38.3. The minimum Gasteiger partial charge on any atom is -0.456 e. The van der Waals surface area contributed by atoms with Gasteiger partial charge in [-0.25, -0.2) is 15.0 Å². The average molecular weight is 866 g/mol. The molecule has 0 unspecified atom stereocenters. The average Bonchev–Trinajstić information content (AvgIpc) is 4.05. The van der Waals surface area contributed by atoms with Gasteiger partial charge >= 0.3 is 0 Å². The zero-order valence-corrected chi connectivity index (χ0v) is 36.8.